The Hall–Kier alpha value is -2.58. The topological polar surface area (TPSA) is 84.9 Å². The molecule has 1 unspecified atom stereocenters. The molecular weight excluding hydrogens is 380 g/mol. The SMILES string of the molecule is O=C1CC(CNS(=O)(=O)c2ccc3c(c2)OCCO3)CN1Cc1ccccc1. The van der Waals surface area contributed by atoms with Gasteiger partial charge in [0.15, 0.2) is 11.5 Å². The van der Waals surface area contributed by atoms with Crippen molar-refractivity contribution in [1.82, 2.24) is 9.62 Å². The first kappa shape index (κ1) is 18.8. The second-order valence-corrected chi connectivity index (χ2v) is 8.75. The van der Waals surface area contributed by atoms with Crippen LogP contribution in [0.2, 0.25) is 0 Å². The first-order valence-electron chi connectivity index (χ1n) is 9.22. The lowest BCUT2D eigenvalue weighted by molar-refractivity contribution is -0.128. The number of carbonyl (C=O) groups is 1. The maximum atomic E-state index is 12.6. The molecule has 1 amide bonds. The Morgan fingerprint density at radius 3 is 2.57 bits per heavy atom. The van der Waals surface area contributed by atoms with Crippen molar-refractivity contribution in [3.63, 3.8) is 0 Å². The molecule has 1 atom stereocenters. The van der Waals surface area contributed by atoms with Gasteiger partial charge in [-0.05, 0) is 23.6 Å². The van der Waals surface area contributed by atoms with Gasteiger partial charge in [0.2, 0.25) is 15.9 Å². The van der Waals surface area contributed by atoms with Crippen molar-refractivity contribution in [2.75, 3.05) is 26.3 Å². The number of fused-ring (bicyclic) bond motifs is 1. The molecule has 2 aromatic carbocycles. The Bertz CT molecular complexity index is 962. The second kappa shape index (κ2) is 7.81. The van der Waals surface area contributed by atoms with Crippen LogP contribution in [0.25, 0.3) is 0 Å². The fourth-order valence-corrected chi connectivity index (χ4v) is 4.58. The number of amides is 1. The normalized spacial score (nSPS) is 19.1. The molecule has 2 aliphatic heterocycles. The number of rotatable bonds is 6. The van der Waals surface area contributed by atoms with E-state index in [1.54, 1.807) is 11.0 Å². The molecule has 2 heterocycles. The standard InChI is InChI=1S/C20H22N2O5S/c23-20-10-16(14-22(20)13-15-4-2-1-3-5-15)12-21-28(24,25)17-6-7-18-19(11-17)27-9-8-26-18/h1-7,11,16,21H,8-10,12-14H2. The van der Waals surface area contributed by atoms with Crippen molar-refractivity contribution < 1.29 is 22.7 Å². The van der Waals surface area contributed by atoms with Gasteiger partial charge in [-0.25, -0.2) is 13.1 Å². The molecule has 0 aromatic heterocycles. The summed E-state index contributed by atoms with van der Waals surface area (Å²) >= 11 is 0. The van der Waals surface area contributed by atoms with E-state index >= 15 is 0 Å². The molecule has 8 heteroatoms. The van der Waals surface area contributed by atoms with Crippen LogP contribution in [0.4, 0.5) is 0 Å². The molecule has 0 spiro atoms. The number of ether oxygens (including phenoxy) is 2. The molecule has 4 rings (SSSR count). The highest BCUT2D eigenvalue weighted by molar-refractivity contribution is 7.89. The van der Waals surface area contributed by atoms with Crippen LogP contribution >= 0.6 is 0 Å². The van der Waals surface area contributed by atoms with E-state index in [9.17, 15) is 13.2 Å². The van der Waals surface area contributed by atoms with Crippen LogP contribution in [0.3, 0.4) is 0 Å². The molecule has 148 valence electrons. The van der Waals surface area contributed by atoms with Crippen LogP contribution in [0.5, 0.6) is 11.5 Å². The van der Waals surface area contributed by atoms with E-state index in [0.717, 1.165) is 5.56 Å². The molecule has 0 bridgehead atoms. The van der Waals surface area contributed by atoms with Crippen molar-refractivity contribution in [2.24, 2.45) is 5.92 Å². The van der Waals surface area contributed by atoms with Crippen LogP contribution in [-0.2, 0) is 21.4 Å². The lowest BCUT2D eigenvalue weighted by atomic mass is 10.1. The number of nitrogens with one attached hydrogen (secondary N) is 1. The summed E-state index contributed by atoms with van der Waals surface area (Å²) < 4.78 is 38.7. The van der Waals surface area contributed by atoms with Crippen LogP contribution < -0.4 is 14.2 Å². The first-order chi connectivity index (χ1) is 13.5. The third-order valence-corrected chi connectivity index (χ3v) is 6.32. The number of nitrogens with zero attached hydrogens (tertiary/aromatic N) is 1. The van der Waals surface area contributed by atoms with Gasteiger partial charge in [-0.2, -0.15) is 0 Å². The number of hydrogen-bond donors (Lipinski definition) is 1. The Labute approximate surface area is 164 Å². The number of carbonyl (C=O) groups excluding carboxylic acids is 1. The van der Waals surface area contributed by atoms with E-state index < -0.39 is 10.0 Å². The molecule has 2 aliphatic rings. The molecule has 0 saturated carbocycles. The fourth-order valence-electron chi connectivity index (χ4n) is 3.45. The number of benzene rings is 2. The Morgan fingerprint density at radius 1 is 1.04 bits per heavy atom. The average Bonchev–Trinajstić information content (AvgIpc) is 3.06. The van der Waals surface area contributed by atoms with Gasteiger partial charge in [0.25, 0.3) is 0 Å². The van der Waals surface area contributed by atoms with Gasteiger partial charge < -0.3 is 14.4 Å². The zero-order chi connectivity index (χ0) is 19.6. The predicted molar refractivity (Wildman–Crippen MR) is 103 cm³/mol. The monoisotopic (exact) mass is 402 g/mol. The Kier molecular flexibility index (Phi) is 5.23. The predicted octanol–water partition coefficient (Wildman–Crippen LogP) is 1.78. The summed E-state index contributed by atoms with van der Waals surface area (Å²) in [6.07, 6.45) is 0.344. The summed E-state index contributed by atoms with van der Waals surface area (Å²) in [5, 5.41) is 0. The van der Waals surface area contributed by atoms with Crippen LogP contribution in [0.1, 0.15) is 12.0 Å². The van der Waals surface area contributed by atoms with E-state index in [1.165, 1.54) is 12.1 Å². The third-order valence-electron chi connectivity index (χ3n) is 4.90. The largest absolute Gasteiger partial charge is 0.486 e. The van der Waals surface area contributed by atoms with E-state index in [1.807, 2.05) is 30.3 Å². The second-order valence-electron chi connectivity index (χ2n) is 6.99. The van der Waals surface area contributed by atoms with E-state index in [2.05, 4.69) is 4.72 Å². The summed E-state index contributed by atoms with van der Waals surface area (Å²) in [7, 11) is -3.69. The van der Waals surface area contributed by atoms with Gasteiger partial charge in [0, 0.05) is 32.1 Å². The first-order valence-corrected chi connectivity index (χ1v) is 10.7. The molecule has 7 nitrogen and oxygen atoms in total. The average molecular weight is 402 g/mol. The van der Waals surface area contributed by atoms with Crippen molar-refractivity contribution >= 4 is 15.9 Å². The summed E-state index contributed by atoms with van der Waals surface area (Å²) in [5.74, 6) is 0.970. The highest BCUT2D eigenvalue weighted by Crippen LogP contribution is 2.32. The van der Waals surface area contributed by atoms with Crippen molar-refractivity contribution in [3.8, 4) is 11.5 Å². The summed E-state index contributed by atoms with van der Waals surface area (Å²) in [5.41, 5.74) is 1.06. The quantitative estimate of drug-likeness (QED) is 0.796. The molecular formula is C20H22N2O5S. The maximum absolute atomic E-state index is 12.6. The minimum absolute atomic E-state index is 0.0485. The number of likely N-dealkylation sites (tertiary alicyclic amines) is 1. The van der Waals surface area contributed by atoms with Gasteiger partial charge in [0.05, 0.1) is 4.90 Å². The Balaban J connectivity index is 1.37. The number of hydrogen-bond acceptors (Lipinski definition) is 5. The van der Waals surface area contributed by atoms with Gasteiger partial charge >= 0.3 is 0 Å². The molecule has 28 heavy (non-hydrogen) atoms. The summed E-state index contributed by atoms with van der Waals surface area (Å²) in [4.78, 5) is 14.2. The van der Waals surface area contributed by atoms with E-state index in [4.69, 9.17) is 9.47 Å². The minimum Gasteiger partial charge on any atom is -0.486 e. The van der Waals surface area contributed by atoms with Gasteiger partial charge in [-0.3, -0.25) is 4.79 Å². The van der Waals surface area contributed by atoms with Crippen molar-refractivity contribution in [2.45, 2.75) is 17.9 Å². The van der Waals surface area contributed by atoms with Crippen LogP contribution in [-0.4, -0.2) is 45.5 Å². The fraction of sp³-hybridized carbons (Fsp3) is 0.350. The van der Waals surface area contributed by atoms with Gasteiger partial charge in [0.1, 0.15) is 13.2 Å². The van der Waals surface area contributed by atoms with Crippen molar-refractivity contribution in [3.05, 3.63) is 54.1 Å². The highest BCUT2D eigenvalue weighted by atomic mass is 32.2. The Morgan fingerprint density at radius 2 is 1.79 bits per heavy atom. The lowest BCUT2D eigenvalue weighted by Crippen LogP contribution is -2.31. The van der Waals surface area contributed by atoms with E-state index in [0.29, 0.717) is 44.2 Å². The summed E-state index contributed by atoms with van der Waals surface area (Å²) in [6.45, 7) is 2.15. The van der Waals surface area contributed by atoms with Crippen LogP contribution in [0.15, 0.2) is 53.4 Å². The molecule has 2 aromatic rings. The minimum atomic E-state index is -3.69. The van der Waals surface area contributed by atoms with E-state index in [-0.39, 0.29) is 23.3 Å². The summed E-state index contributed by atoms with van der Waals surface area (Å²) in [6, 6.07) is 14.3. The smallest absolute Gasteiger partial charge is 0.240 e. The van der Waals surface area contributed by atoms with Gasteiger partial charge in [-0.1, -0.05) is 30.3 Å². The maximum Gasteiger partial charge on any atom is 0.240 e. The van der Waals surface area contributed by atoms with Gasteiger partial charge in [-0.15, -0.1) is 0 Å². The highest BCUT2D eigenvalue weighted by Gasteiger charge is 2.30. The number of sulfonamides is 1. The third kappa shape index (κ3) is 4.13. The molecule has 0 aliphatic carbocycles. The molecule has 1 saturated heterocycles. The zero-order valence-electron chi connectivity index (χ0n) is 15.3. The zero-order valence-corrected chi connectivity index (χ0v) is 16.2. The van der Waals surface area contributed by atoms with Crippen LogP contribution in [0, 0.1) is 5.92 Å². The molecule has 1 N–H and O–H groups in total. The lowest BCUT2D eigenvalue weighted by Gasteiger charge is -2.19. The molecule has 0 radical (unpaired) electrons. The molecule has 1 fully saturated rings. The van der Waals surface area contributed by atoms with Crippen molar-refractivity contribution in [1.29, 1.82) is 0 Å².